The van der Waals surface area contributed by atoms with E-state index in [2.05, 4.69) is 21.0 Å². The summed E-state index contributed by atoms with van der Waals surface area (Å²) in [6.45, 7) is 7.84. The Morgan fingerprint density at radius 3 is 2.78 bits per heavy atom. The number of ether oxygens (including phenoxy) is 2. The van der Waals surface area contributed by atoms with Gasteiger partial charge in [-0.25, -0.2) is 0 Å². The van der Waals surface area contributed by atoms with E-state index in [1.54, 1.807) is 13.3 Å². The predicted molar refractivity (Wildman–Crippen MR) is 74.4 cm³/mol. The Hall–Kier alpha value is -0.430. The van der Waals surface area contributed by atoms with Crippen LogP contribution in [0.25, 0.3) is 0 Å². The van der Waals surface area contributed by atoms with Crippen LogP contribution in [0.15, 0.2) is 10.7 Å². The topological polar surface area (TPSA) is 62.3 Å². The van der Waals surface area contributed by atoms with Crippen LogP contribution >= 0.6 is 15.9 Å². The summed E-state index contributed by atoms with van der Waals surface area (Å²) in [5, 5.41) is 4.30. The van der Waals surface area contributed by atoms with Gasteiger partial charge >= 0.3 is 0 Å². The van der Waals surface area contributed by atoms with Crippen molar-refractivity contribution < 1.29 is 9.47 Å². The first kappa shape index (κ1) is 15.6. The molecule has 0 aromatic carbocycles. The minimum atomic E-state index is -0.442. The van der Waals surface area contributed by atoms with Crippen LogP contribution in [0, 0.1) is 0 Å². The van der Waals surface area contributed by atoms with E-state index in [1.807, 2.05) is 25.5 Å². The summed E-state index contributed by atoms with van der Waals surface area (Å²) in [5.41, 5.74) is 6.81. The summed E-state index contributed by atoms with van der Waals surface area (Å²) < 4.78 is 13.5. The monoisotopic (exact) mass is 319 g/mol. The molecule has 1 heterocycles. The van der Waals surface area contributed by atoms with Crippen LogP contribution in [0.4, 0.5) is 0 Å². The van der Waals surface area contributed by atoms with Gasteiger partial charge in [0.05, 0.1) is 41.2 Å². The second-order valence-corrected chi connectivity index (χ2v) is 5.46. The molecule has 2 N–H and O–H groups in total. The van der Waals surface area contributed by atoms with Crippen molar-refractivity contribution in [1.29, 1.82) is 0 Å². The maximum Gasteiger partial charge on any atom is 0.0833 e. The minimum absolute atomic E-state index is 0.258. The Morgan fingerprint density at radius 2 is 2.22 bits per heavy atom. The van der Waals surface area contributed by atoms with Crippen LogP contribution in [-0.4, -0.2) is 35.7 Å². The number of hydrogen-bond donors (Lipinski definition) is 1. The van der Waals surface area contributed by atoms with Crippen LogP contribution in [0.3, 0.4) is 0 Å². The summed E-state index contributed by atoms with van der Waals surface area (Å²) in [4.78, 5) is 0. The Labute approximate surface area is 117 Å². The van der Waals surface area contributed by atoms with Gasteiger partial charge in [0.2, 0.25) is 0 Å². The molecule has 1 unspecified atom stereocenters. The summed E-state index contributed by atoms with van der Waals surface area (Å²) in [5.74, 6) is 0. The highest BCUT2D eigenvalue weighted by molar-refractivity contribution is 9.10. The lowest BCUT2D eigenvalue weighted by atomic mass is 9.96. The molecule has 0 radical (unpaired) electrons. The standard InChI is InChI=1S/C12H22BrN3O2/c1-5-18-12(2,3)11(14)10-9(13)8-15-16(10)6-7-17-4/h8,11H,5-7,14H2,1-4H3. The minimum Gasteiger partial charge on any atom is -0.383 e. The largest absolute Gasteiger partial charge is 0.383 e. The van der Waals surface area contributed by atoms with E-state index in [0.717, 1.165) is 10.2 Å². The number of rotatable bonds is 7. The number of hydrogen-bond acceptors (Lipinski definition) is 4. The third-order valence-electron chi connectivity index (χ3n) is 2.90. The Kier molecular flexibility index (Phi) is 5.78. The van der Waals surface area contributed by atoms with E-state index in [9.17, 15) is 0 Å². The molecule has 18 heavy (non-hydrogen) atoms. The Balaban J connectivity index is 2.96. The van der Waals surface area contributed by atoms with Crippen molar-refractivity contribution >= 4 is 15.9 Å². The van der Waals surface area contributed by atoms with Gasteiger partial charge in [-0.3, -0.25) is 4.68 Å². The van der Waals surface area contributed by atoms with Gasteiger partial charge in [-0.2, -0.15) is 5.10 Å². The molecule has 5 nitrogen and oxygen atoms in total. The normalized spacial score (nSPS) is 13.9. The van der Waals surface area contributed by atoms with Crippen molar-refractivity contribution in [3.63, 3.8) is 0 Å². The zero-order chi connectivity index (χ0) is 13.8. The average molecular weight is 320 g/mol. The van der Waals surface area contributed by atoms with Gasteiger partial charge in [-0.05, 0) is 36.7 Å². The maximum atomic E-state index is 6.32. The van der Waals surface area contributed by atoms with Gasteiger partial charge in [0.15, 0.2) is 0 Å². The van der Waals surface area contributed by atoms with E-state index < -0.39 is 5.60 Å². The SMILES string of the molecule is CCOC(C)(C)C(N)c1c(Br)cnn1CCOC. The molecule has 1 atom stereocenters. The van der Waals surface area contributed by atoms with Crippen LogP contribution in [0.1, 0.15) is 32.5 Å². The summed E-state index contributed by atoms with van der Waals surface area (Å²) in [6, 6.07) is -0.258. The van der Waals surface area contributed by atoms with Crippen molar-refractivity contribution in [1.82, 2.24) is 9.78 Å². The van der Waals surface area contributed by atoms with Gasteiger partial charge < -0.3 is 15.2 Å². The van der Waals surface area contributed by atoms with Gasteiger partial charge in [-0.1, -0.05) is 0 Å². The fraction of sp³-hybridized carbons (Fsp3) is 0.750. The molecule has 0 aliphatic carbocycles. The molecule has 0 fully saturated rings. The van der Waals surface area contributed by atoms with Crippen LogP contribution in [0.2, 0.25) is 0 Å². The van der Waals surface area contributed by atoms with Crippen LogP contribution in [-0.2, 0) is 16.0 Å². The molecule has 104 valence electrons. The van der Waals surface area contributed by atoms with Crippen molar-refractivity contribution in [2.24, 2.45) is 5.73 Å². The lowest BCUT2D eigenvalue weighted by Gasteiger charge is -2.32. The van der Waals surface area contributed by atoms with E-state index in [4.69, 9.17) is 15.2 Å². The molecule has 6 heteroatoms. The average Bonchev–Trinajstić information content (AvgIpc) is 2.66. The quantitative estimate of drug-likeness (QED) is 0.836. The zero-order valence-electron chi connectivity index (χ0n) is 11.4. The molecule has 0 amide bonds. The van der Waals surface area contributed by atoms with E-state index in [0.29, 0.717) is 19.8 Å². The molecule has 0 spiro atoms. The molecular formula is C12H22BrN3O2. The molecule has 1 rings (SSSR count). The van der Waals surface area contributed by atoms with Gasteiger partial charge in [0, 0.05) is 13.7 Å². The van der Waals surface area contributed by atoms with Crippen molar-refractivity contribution in [2.75, 3.05) is 20.3 Å². The summed E-state index contributed by atoms with van der Waals surface area (Å²) in [6.07, 6.45) is 1.76. The lowest BCUT2D eigenvalue weighted by molar-refractivity contribution is -0.0319. The molecular weight excluding hydrogens is 298 g/mol. The molecule has 1 aromatic heterocycles. The fourth-order valence-electron chi connectivity index (χ4n) is 1.83. The molecule has 1 aromatic rings. The molecule has 0 aliphatic rings. The van der Waals surface area contributed by atoms with E-state index in [1.165, 1.54) is 0 Å². The highest BCUT2D eigenvalue weighted by Gasteiger charge is 2.32. The number of nitrogens with zero attached hydrogens (tertiary/aromatic N) is 2. The first-order valence-corrected chi connectivity index (χ1v) is 6.83. The number of nitrogens with two attached hydrogens (primary N) is 1. The Bertz CT molecular complexity index is 379. The zero-order valence-corrected chi connectivity index (χ0v) is 13.0. The van der Waals surface area contributed by atoms with Crippen LogP contribution < -0.4 is 5.73 Å². The van der Waals surface area contributed by atoms with Crippen molar-refractivity contribution in [3.05, 3.63) is 16.4 Å². The van der Waals surface area contributed by atoms with E-state index in [-0.39, 0.29) is 6.04 Å². The van der Waals surface area contributed by atoms with Gasteiger partial charge in [-0.15, -0.1) is 0 Å². The van der Waals surface area contributed by atoms with Gasteiger partial charge in [0.1, 0.15) is 0 Å². The molecule has 0 aliphatic heterocycles. The van der Waals surface area contributed by atoms with Gasteiger partial charge in [0.25, 0.3) is 0 Å². The molecule has 0 bridgehead atoms. The fourth-order valence-corrected chi connectivity index (χ4v) is 2.37. The third-order valence-corrected chi connectivity index (χ3v) is 3.51. The first-order valence-electron chi connectivity index (χ1n) is 6.03. The highest BCUT2D eigenvalue weighted by Crippen LogP contribution is 2.31. The summed E-state index contributed by atoms with van der Waals surface area (Å²) >= 11 is 3.49. The smallest absolute Gasteiger partial charge is 0.0833 e. The summed E-state index contributed by atoms with van der Waals surface area (Å²) in [7, 11) is 1.67. The van der Waals surface area contributed by atoms with Crippen molar-refractivity contribution in [2.45, 2.75) is 39.0 Å². The van der Waals surface area contributed by atoms with Crippen molar-refractivity contribution in [3.8, 4) is 0 Å². The number of halogens is 1. The first-order chi connectivity index (χ1) is 8.44. The van der Waals surface area contributed by atoms with E-state index >= 15 is 0 Å². The predicted octanol–water partition coefficient (Wildman–Crippen LogP) is 2.11. The molecule has 0 saturated carbocycles. The maximum absolute atomic E-state index is 6.32. The Morgan fingerprint density at radius 1 is 1.56 bits per heavy atom. The highest BCUT2D eigenvalue weighted by atomic mass is 79.9. The number of methoxy groups -OCH3 is 1. The lowest BCUT2D eigenvalue weighted by Crippen LogP contribution is -2.39. The second kappa shape index (κ2) is 6.65. The third kappa shape index (κ3) is 3.54. The molecule has 0 saturated heterocycles. The van der Waals surface area contributed by atoms with Crippen LogP contribution in [0.5, 0.6) is 0 Å². The number of aromatic nitrogens is 2. The second-order valence-electron chi connectivity index (χ2n) is 4.61.